The fourth-order valence-electron chi connectivity index (χ4n) is 3.17. The smallest absolute Gasteiger partial charge is 0.199 e. The average Bonchev–Trinajstić information content (AvgIpc) is 3.26. The Labute approximate surface area is 150 Å². The van der Waals surface area contributed by atoms with Crippen molar-refractivity contribution in [2.75, 3.05) is 13.2 Å². The first-order chi connectivity index (χ1) is 11.9. The summed E-state index contributed by atoms with van der Waals surface area (Å²) >= 11 is 0. The zero-order chi connectivity index (χ0) is 18.0. The normalized spacial score (nSPS) is 23.5. The summed E-state index contributed by atoms with van der Waals surface area (Å²) < 4.78 is 12.1. The predicted molar refractivity (Wildman–Crippen MR) is 100 cm³/mol. The highest BCUT2D eigenvalue weighted by Gasteiger charge is 2.46. The van der Waals surface area contributed by atoms with Crippen LogP contribution >= 0.6 is 0 Å². The van der Waals surface area contributed by atoms with Gasteiger partial charge in [0.05, 0.1) is 12.1 Å². The van der Waals surface area contributed by atoms with Crippen LogP contribution < -0.4 is 0 Å². The maximum atomic E-state index is 6.03. The summed E-state index contributed by atoms with van der Waals surface area (Å²) in [5.41, 5.74) is 0.477. The molecule has 0 amide bonds. The third-order valence-corrected chi connectivity index (χ3v) is 5.09. The summed E-state index contributed by atoms with van der Waals surface area (Å²) in [5, 5.41) is 0. The maximum Gasteiger partial charge on any atom is 0.199 e. The second-order valence-corrected chi connectivity index (χ2v) is 7.94. The molecule has 2 aliphatic heterocycles. The Morgan fingerprint density at radius 1 is 1.00 bits per heavy atom. The number of rotatable bonds is 6. The van der Waals surface area contributed by atoms with Gasteiger partial charge in [-0.2, -0.15) is 0 Å². The Balaban J connectivity index is 1.94. The summed E-state index contributed by atoms with van der Waals surface area (Å²) in [6.07, 6.45) is 2.49. The molecular weight excluding hydrogens is 314 g/mol. The molecule has 0 unspecified atom stereocenters. The van der Waals surface area contributed by atoms with Gasteiger partial charge in [0.2, 0.25) is 0 Å². The Morgan fingerprint density at radius 2 is 1.56 bits per heavy atom. The highest BCUT2D eigenvalue weighted by Crippen LogP contribution is 2.34. The van der Waals surface area contributed by atoms with Crippen molar-refractivity contribution in [3.05, 3.63) is 30.1 Å². The van der Waals surface area contributed by atoms with E-state index in [2.05, 4.69) is 39.6 Å². The molecule has 0 fully saturated rings. The SMILES string of the molecule is CC(C)[C@H]1COC(C(C)(Cc2ccccn2)C2=N[C@@H](C(C)C)CO2)=N1. The molecule has 3 rings (SSSR count). The summed E-state index contributed by atoms with van der Waals surface area (Å²) in [7, 11) is 0. The molecule has 1 aromatic rings. The molecule has 1 aromatic heterocycles. The zero-order valence-electron chi connectivity index (χ0n) is 15.9. The fraction of sp³-hybridized carbons (Fsp3) is 0.650. The van der Waals surface area contributed by atoms with E-state index in [-0.39, 0.29) is 12.1 Å². The van der Waals surface area contributed by atoms with Gasteiger partial charge in [-0.3, -0.25) is 4.98 Å². The highest BCUT2D eigenvalue weighted by molar-refractivity contribution is 6.06. The lowest BCUT2D eigenvalue weighted by molar-refractivity contribution is 0.243. The second kappa shape index (κ2) is 7.14. The second-order valence-electron chi connectivity index (χ2n) is 7.94. The van der Waals surface area contributed by atoms with Crippen LogP contribution in [0.15, 0.2) is 34.4 Å². The minimum Gasteiger partial charge on any atom is -0.478 e. The summed E-state index contributed by atoms with van der Waals surface area (Å²) in [4.78, 5) is 14.2. The molecule has 0 saturated heterocycles. The lowest BCUT2D eigenvalue weighted by Gasteiger charge is -2.27. The molecule has 2 atom stereocenters. The quantitative estimate of drug-likeness (QED) is 0.794. The number of aliphatic imine (C=N–C) groups is 2. The van der Waals surface area contributed by atoms with Crippen molar-refractivity contribution < 1.29 is 9.47 Å². The third kappa shape index (κ3) is 3.70. The molecule has 0 radical (unpaired) electrons. The van der Waals surface area contributed by atoms with E-state index < -0.39 is 5.41 Å². The van der Waals surface area contributed by atoms with Gasteiger partial charge in [0.15, 0.2) is 11.8 Å². The van der Waals surface area contributed by atoms with Crippen molar-refractivity contribution in [1.29, 1.82) is 0 Å². The fourth-order valence-corrected chi connectivity index (χ4v) is 3.17. The van der Waals surface area contributed by atoms with Gasteiger partial charge in [0.1, 0.15) is 18.6 Å². The van der Waals surface area contributed by atoms with Crippen LogP contribution in [0, 0.1) is 17.3 Å². The van der Waals surface area contributed by atoms with Crippen LogP contribution in [0.2, 0.25) is 0 Å². The van der Waals surface area contributed by atoms with Gasteiger partial charge in [0.25, 0.3) is 0 Å². The monoisotopic (exact) mass is 343 g/mol. The molecule has 0 aromatic carbocycles. The summed E-state index contributed by atoms with van der Waals surface area (Å²) in [6.45, 7) is 12.1. The van der Waals surface area contributed by atoms with Crippen LogP contribution in [0.5, 0.6) is 0 Å². The first-order valence-corrected chi connectivity index (χ1v) is 9.22. The van der Waals surface area contributed by atoms with E-state index >= 15 is 0 Å². The van der Waals surface area contributed by atoms with Crippen molar-refractivity contribution in [3.63, 3.8) is 0 Å². The standard InChI is InChI=1S/C20H29N3O2/c1-13(2)16-11-24-18(22-16)20(5,10-15-8-6-7-9-21-15)19-23-17(12-25-19)14(3)4/h6-9,13-14,16-17H,10-12H2,1-5H3/t16-,17-/m1/s1. The molecule has 136 valence electrons. The molecule has 0 aliphatic carbocycles. The summed E-state index contributed by atoms with van der Waals surface area (Å²) in [5.74, 6) is 2.37. The minimum absolute atomic E-state index is 0.195. The third-order valence-electron chi connectivity index (χ3n) is 5.09. The van der Waals surface area contributed by atoms with Crippen LogP contribution in [0.1, 0.15) is 40.3 Å². The van der Waals surface area contributed by atoms with Crippen LogP contribution in [0.4, 0.5) is 0 Å². The predicted octanol–water partition coefficient (Wildman–Crippen LogP) is 3.54. The number of hydrogen-bond acceptors (Lipinski definition) is 5. The Morgan fingerprint density at radius 3 is 1.96 bits per heavy atom. The van der Waals surface area contributed by atoms with Gasteiger partial charge < -0.3 is 9.47 Å². The van der Waals surface area contributed by atoms with Crippen LogP contribution in [-0.2, 0) is 15.9 Å². The van der Waals surface area contributed by atoms with Gasteiger partial charge in [0, 0.05) is 18.3 Å². The van der Waals surface area contributed by atoms with E-state index in [0.717, 1.165) is 17.5 Å². The van der Waals surface area contributed by atoms with Crippen LogP contribution in [-0.4, -0.2) is 42.1 Å². The maximum absolute atomic E-state index is 6.03. The van der Waals surface area contributed by atoms with Crippen molar-refractivity contribution in [2.45, 2.75) is 53.1 Å². The van der Waals surface area contributed by atoms with Crippen molar-refractivity contribution in [3.8, 4) is 0 Å². The number of aromatic nitrogens is 1. The zero-order valence-corrected chi connectivity index (χ0v) is 15.9. The van der Waals surface area contributed by atoms with E-state index in [4.69, 9.17) is 19.5 Å². The van der Waals surface area contributed by atoms with E-state index in [0.29, 0.717) is 31.5 Å². The van der Waals surface area contributed by atoms with Crippen LogP contribution in [0.25, 0.3) is 0 Å². The van der Waals surface area contributed by atoms with Gasteiger partial charge in [-0.25, -0.2) is 9.98 Å². The highest BCUT2D eigenvalue weighted by atomic mass is 16.5. The summed E-state index contributed by atoms with van der Waals surface area (Å²) in [6, 6.07) is 6.35. The number of ether oxygens (including phenoxy) is 2. The first-order valence-electron chi connectivity index (χ1n) is 9.22. The largest absolute Gasteiger partial charge is 0.478 e. The van der Waals surface area contributed by atoms with Crippen molar-refractivity contribution in [2.24, 2.45) is 27.2 Å². The number of pyridine rings is 1. The number of hydrogen-bond donors (Lipinski definition) is 0. The van der Waals surface area contributed by atoms with Gasteiger partial charge in [-0.1, -0.05) is 33.8 Å². The van der Waals surface area contributed by atoms with Crippen LogP contribution in [0.3, 0.4) is 0 Å². The molecule has 3 heterocycles. The Kier molecular flexibility index (Phi) is 5.11. The molecular formula is C20H29N3O2. The average molecular weight is 343 g/mol. The lowest BCUT2D eigenvalue weighted by Crippen LogP contribution is -2.39. The van der Waals surface area contributed by atoms with E-state index in [1.807, 2.05) is 24.4 Å². The van der Waals surface area contributed by atoms with Crippen molar-refractivity contribution >= 4 is 11.8 Å². The molecule has 5 nitrogen and oxygen atoms in total. The number of nitrogens with zero attached hydrogens (tertiary/aromatic N) is 3. The molecule has 0 spiro atoms. The van der Waals surface area contributed by atoms with Gasteiger partial charge in [-0.15, -0.1) is 0 Å². The van der Waals surface area contributed by atoms with Gasteiger partial charge in [-0.05, 0) is 30.9 Å². The Bertz CT molecular complexity index is 618. The van der Waals surface area contributed by atoms with E-state index in [1.54, 1.807) is 0 Å². The van der Waals surface area contributed by atoms with Gasteiger partial charge >= 0.3 is 0 Å². The Hall–Kier alpha value is -1.91. The lowest BCUT2D eigenvalue weighted by atomic mass is 9.84. The van der Waals surface area contributed by atoms with E-state index in [1.165, 1.54) is 0 Å². The van der Waals surface area contributed by atoms with Crippen molar-refractivity contribution in [1.82, 2.24) is 4.98 Å². The molecule has 2 aliphatic rings. The molecule has 25 heavy (non-hydrogen) atoms. The molecule has 0 saturated carbocycles. The minimum atomic E-state index is -0.512. The molecule has 5 heteroatoms. The topological polar surface area (TPSA) is 56.1 Å². The van der Waals surface area contributed by atoms with E-state index in [9.17, 15) is 0 Å². The first kappa shape index (κ1) is 17.9. The molecule has 0 N–H and O–H groups in total. The molecule has 0 bridgehead atoms.